The Morgan fingerprint density at radius 2 is 1.83 bits per heavy atom. The summed E-state index contributed by atoms with van der Waals surface area (Å²) in [5.74, 6) is 0. The molecule has 0 radical (unpaired) electrons. The van der Waals surface area contributed by atoms with Crippen molar-refractivity contribution in [3.63, 3.8) is 0 Å². The lowest BCUT2D eigenvalue weighted by atomic mass is 9.97. The highest BCUT2D eigenvalue weighted by molar-refractivity contribution is 6.01. The number of hydrazone groups is 1. The molecule has 0 saturated heterocycles. The zero-order chi connectivity index (χ0) is 13.7. The standard InChI is InChI=1S/C14H20N2O2/c1-6-18-14(17)16-15-12(5)13-10(3)7-9(2)8-11(13)4/h7-8H,6H2,1-5H3,(H,16,17)/b15-12-. The van der Waals surface area contributed by atoms with Crippen molar-refractivity contribution >= 4 is 11.8 Å². The number of benzene rings is 1. The van der Waals surface area contributed by atoms with Crippen molar-refractivity contribution in [1.82, 2.24) is 5.43 Å². The Hall–Kier alpha value is -1.84. The molecule has 0 aliphatic carbocycles. The largest absolute Gasteiger partial charge is 0.449 e. The molecule has 0 fully saturated rings. The summed E-state index contributed by atoms with van der Waals surface area (Å²) in [6.45, 7) is 10.1. The molecule has 0 unspecified atom stereocenters. The number of hydrogen-bond donors (Lipinski definition) is 1. The summed E-state index contributed by atoms with van der Waals surface area (Å²) < 4.78 is 4.75. The molecule has 1 aromatic carbocycles. The van der Waals surface area contributed by atoms with E-state index in [0.717, 1.165) is 22.4 Å². The number of hydrogen-bond acceptors (Lipinski definition) is 3. The first-order valence-electron chi connectivity index (χ1n) is 6.01. The molecule has 1 aromatic rings. The molecule has 1 N–H and O–H groups in total. The van der Waals surface area contributed by atoms with E-state index in [4.69, 9.17) is 4.74 Å². The maximum atomic E-state index is 11.2. The summed E-state index contributed by atoms with van der Waals surface area (Å²) in [5.41, 5.74) is 7.75. The quantitative estimate of drug-likeness (QED) is 0.660. The van der Waals surface area contributed by atoms with E-state index >= 15 is 0 Å². The van der Waals surface area contributed by atoms with Crippen LogP contribution in [0.1, 0.15) is 36.1 Å². The minimum absolute atomic E-state index is 0.336. The lowest BCUT2D eigenvalue weighted by Gasteiger charge is -2.11. The monoisotopic (exact) mass is 248 g/mol. The van der Waals surface area contributed by atoms with Gasteiger partial charge in [0.1, 0.15) is 0 Å². The fourth-order valence-electron chi connectivity index (χ4n) is 2.10. The first-order chi connectivity index (χ1) is 8.45. The first-order valence-corrected chi connectivity index (χ1v) is 6.01. The van der Waals surface area contributed by atoms with Crippen LogP contribution in [0.2, 0.25) is 0 Å². The molecule has 0 bridgehead atoms. The van der Waals surface area contributed by atoms with E-state index in [1.54, 1.807) is 6.92 Å². The van der Waals surface area contributed by atoms with E-state index in [1.165, 1.54) is 5.56 Å². The third-order valence-corrected chi connectivity index (χ3v) is 2.63. The summed E-state index contributed by atoms with van der Waals surface area (Å²) in [6.07, 6.45) is -0.528. The fourth-order valence-corrected chi connectivity index (χ4v) is 2.10. The number of amides is 1. The molecule has 0 saturated carbocycles. The number of rotatable bonds is 3. The Morgan fingerprint density at radius 3 is 2.33 bits per heavy atom. The molecule has 1 amide bonds. The van der Waals surface area contributed by atoms with Gasteiger partial charge < -0.3 is 4.74 Å². The molecular formula is C14H20N2O2. The molecular weight excluding hydrogens is 228 g/mol. The van der Waals surface area contributed by atoms with Crippen LogP contribution in [0, 0.1) is 20.8 Å². The summed E-state index contributed by atoms with van der Waals surface area (Å²) in [4.78, 5) is 11.2. The van der Waals surface area contributed by atoms with Gasteiger partial charge in [0.2, 0.25) is 0 Å². The van der Waals surface area contributed by atoms with Crippen LogP contribution >= 0.6 is 0 Å². The van der Waals surface area contributed by atoms with Crippen molar-refractivity contribution in [3.05, 3.63) is 34.4 Å². The fraction of sp³-hybridized carbons (Fsp3) is 0.429. The Balaban J connectivity index is 2.93. The van der Waals surface area contributed by atoms with Crippen molar-refractivity contribution in [3.8, 4) is 0 Å². The first kappa shape index (κ1) is 14.2. The molecule has 0 atom stereocenters. The highest BCUT2D eigenvalue weighted by atomic mass is 16.5. The second-order valence-electron chi connectivity index (χ2n) is 4.30. The topological polar surface area (TPSA) is 50.7 Å². The molecule has 4 heteroatoms. The lowest BCUT2D eigenvalue weighted by Crippen LogP contribution is -2.20. The van der Waals surface area contributed by atoms with Crippen LogP contribution in [-0.2, 0) is 4.74 Å². The van der Waals surface area contributed by atoms with Crippen molar-refractivity contribution in [2.24, 2.45) is 5.10 Å². The van der Waals surface area contributed by atoms with Gasteiger partial charge in [0.05, 0.1) is 12.3 Å². The third-order valence-electron chi connectivity index (χ3n) is 2.63. The van der Waals surface area contributed by atoms with Crippen LogP contribution in [0.15, 0.2) is 17.2 Å². The number of carbonyl (C=O) groups excluding carboxylic acids is 1. The van der Waals surface area contributed by atoms with E-state index < -0.39 is 6.09 Å². The number of nitrogens with one attached hydrogen (secondary N) is 1. The minimum atomic E-state index is -0.528. The van der Waals surface area contributed by atoms with Crippen molar-refractivity contribution in [2.45, 2.75) is 34.6 Å². The summed E-state index contributed by atoms with van der Waals surface area (Å²) in [6, 6.07) is 4.21. The molecule has 4 nitrogen and oxygen atoms in total. The molecule has 0 aliphatic rings. The van der Waals surface area contributed by atoms with Crippen LogP contribution in [0.5, 0.6) is 0 Å². The van der Waals surface area contributed by atoms with E-state index in [2.05, 4.69) is 29.6 Å². The molecule has 1 rings (SSSR count). The highest BCUT2D eigenvalue weighted by Gasteiger charge is 2.07. The predicted molar refractivity (Wildman–Crippen MR) is 73.0 cm³/mol. The van der Waals surface area contributed by atoms with Gasteiger partial charge in [-0.1, -0.05) is 17.7 Å². The minimum Gasteiger partial charge on any atom is -0.449 e. The maximum Gasteiger partial charge on any atom is 0.427 e. The number of ether oxygens (including phenoxy) is 1. The van der Waals surface area contributed by atoms with Crippen molar-refractivity contribution in [2.75, 3.05) is 6.61 Å². The van der Waals surface area contributed by atoms with Gasteiger partial charge in [0.15, 0.2) is 0 Å². The molecule has 98 valence electrons. The van der Waals surface area contributed by atoms with Gasteiger partial charge in [-0.05, 0) is 45.7 Å². The third kappa shape index (κ3) is 3.58. The second kappa shape index (κ2) is 6.19. The highest BCUT2D eigenvalue weighted by Crippen LogP contribution is 2.17. The Kier molecular flexibility index (Phi) is 4.89. The predicted octanol–water partition coefficient (Wildman–Crippen LogP) is 3.08. The smallest absolute Gasteiger partial charge is 0.427 e. The Bertz CT molecular complexity index is 456. The summed E-state index contributed by atoms with van der Waals surface area (Å²) in [5, 5.41) is 4.06. The summed E-state index contributed by atoms with van der Waals surface area (Å²) in [7, 11) is 0. The van der Waals surface area contributed by atoms with Gasteiger partial charge in [-0.15, -0.1) is 0 Å². The molecule has 0 spiro atoms. The van der Waals surface area contributed by atoms with E-state index in [9.17, 15) is 4.79 Å². The Morgan fingerprint density at radius 1 is 1.28 bits per heavy atom. The number of aryl methyl sites for hydroxylation is 3. The lowest BCUT2D eigenvalue weighted by molar-refractivity contribution is 0.152. The maximum absolute atomic E-state index is 11.2. The van der Waals surface area contributed by atoms with Gasteiger partial charge in [0, 0.05) is 5.56 Å². The number of carbonyl (C=O) groups is 1. The molecule has 0 aromatic heterocycles. The zero-order valence-electron chi connectivity index (χ0n) is 11.6. The van der Waals surface area contributed by atoms with Crippen LogP contribution in [0.3, 0.4) is 0 Å². The molecule has 0 aliphatic heterocycles. The van der Waals surface area contributed by atoms with Crippen molar-refractivity contribution in [1.29, 1.82) is 0 Å². The average molecular weight is 248 g/mol. The van der Waals surface area contributed by atoms with Crippen LogP contribution < -0.4 is 5.43 Å². The van der Waals surface area contributed by atoms with Gasteiger partial charge in [-0.3, -0.25) is 0 Å². The van der Waals surface area contributed by atoms with Gasteiger partial charge in [-0.25, -0.2) is 10.2 Å². The van der Waals surface area contributed by atoms with E-state index in [0.29, 0.717) is 6.61 Å². The van der Waals surface area contributed by atoms with Gasteiger partial charge in [0.25, 0.3) is 0 Å². The molecule has 0 heterocycles. The zero-order valence-corrected chi connectivity index (χ0v) is 11.6. The van der Waals surface area contributed by atoms with Gasteiger partial charge in [-0.2, -0.15) is 5.10 Å². The van der Waals surface area contributed by atoms with Crippen LogP contribution in [0.4, 0.5) is 4.79 Å². The number of nitrogens with zero attached hydrogens (tertiary/aromatic N) is 1. The Labute approximate surface area is 108 Å². The SMILES string of the molecule is CCOC(=O)N/N=C(/C)c1c(C)cc(C)cc1C. The molecule has 18 heavy (non-hydrogen) atoms. The van der Waals surface area contributed by atoms with E-state index in [1.807, 2.05) is 20.8 Å². The van der Waals surface area contributed by atoms with Gasteiger partial charge >= 0.3 is 6.09 Å². The van der Waals surface area contributed by atoms with Crippen LogP contribution in [0.25, 0.3) is 0 Å². The van der Waals surface area contributed by atoms with E-state index in [-0.39, 0.29) is 0 Å². The second-order valence-corrected chi connectivity index (χ2v) is 4.30. The van der Waals surface area contributed by atoms with Crippen LogP contribution in [-0.4, -0.2) is 18.4 Å². The summed E-state index contributed by atoms with van der Waals surface area (Å²) >= 11 is 0. The van der Waals surface area contributed by atoms with Crippen molar-refractivity contribution < 1.29 is 9.53 Å². The average Bonchev–Trinajstić information content (AvgIpc) is 2.25. The normalized spacial score (nSPS) is 11.3.